The van der Waals surface area contributed by atoms with Gasteiger partial charge in [0.2, 0.25) is 5.91 Å². The van der Waals surface area contributed by atoms with E-state index in [2.05, 4.69) is 84.4 Å². The standard InChI is InChI=1S/C31H42N2O2/c1-2-3-4-5-6-7-8-9-10-11-12-13-14-15-16-17-18-19-23-26-30(34)32-27-28-33-31(35)29-24-21-20-22-25-29/h3-4,6-7,9-10,12-13,15-16,18-22,24-25H,2,5,8,11,14,17,23,26-28H2,1H3,(H,32,34)(H,33,35). The monoisotopic (exact) mass is 474 g/mol. The van der Waals surface area contributed by atoms with E-state index in [9.17, 15) is 9.59 Å². The molecule has 35 heavy (non-hydrogen) atoms. The Bertz CT molecular complexity index is 861. The third-order valence-corrected chi connectivity index (χ3v) is 4.90. The first-order valence-corrected chi connectivity index (χ1v) is 12.7. The third-order valence-electron chi connectivity index (χ3n) is 4.90. The predicted octanol–water partition coefficient (Wildman–Crippen LogP) is 7.01. The van der Waals surface area contributed by atoms with Crippen molar-refractivity contribution in [2.24, 2.45) is 0 Å². The first-order chi connectivity index (χ1) is 17.2. The summed E-state index contributed by atoms with van der Waals surface area (Å²) in [6.45, 7) is 3.00. The van der Waals surface area contributed by atoms with E-state index >= 15 is 0 Å². The molecule has 0 aliphatic heterocycles. The molecule has 0 fully saturated rings. The molecule has 1 aromatic rings. The number of rotatable bonds is 18. The zero-order valence-electron chi connectivity index (χ0n) is 21.2. The number of benzene rings is 1. The molecular formula is C31H42N2O2. The fourth-order valence-electron chi connectivity index (χ4n) is 3.01. The average Bonchev–Trinajstić information content (AvgIpc) is 2.88. The molecule has 0 aliphatic carbocycles. The van der Waals surface area contributed by atoms with E-state index in [1.165, 1.54) is 0 Å². The minimum absolute atomic E-state index is 0.00140. The summed E-state index contributed by atoms with van der Waals surface area (Å²) in [5.74, 6) is -0.128. The van der Waals surface area contributed by atoms with Crippen LogP contribution in [-0.2, 0) is 4.79 Å². The van der Waals surface area contributed by atoms with Gasteiger partial charge in [-0.3, -0.25) is 9.59 Å². The van der Waals surface area contributed by atoms with Crippen LogP contribution in [0.15, 0.2) is 103 Å². The van der Waals surface area contributed by atoms with Gasteiger partial charge < -0.3 is 10.6 Å². The van der Waals surface area contributed by atoms with Crippen molar-refractivity contribution in [3.8, 4) is 0 Å². The molecule has 0 bridgehead atoms. The first-order valence-electron chi connectivity index (χ1n) is 12.7. The summed E-state index contributed by atoms with van der Waals surface area (Å²) < 4.78 is 0. The summed E-state index contributed by atoms with van der Waals surface area (Å²) in [5, 5.41) is 5.62. The molecule has 0 spiro atoms. The molecule has 4 nitrogen and oxygen atoms in total. The molecule has 0 saturated carbocycles. The topological polar surface area (TPSA) is 58.2 Å². The minimum atomic E-state index is -0.127. The van der Waals surface area contributed by atoms with Gasteiger partial charge in [0.25, 0.3) is 5.91 Å². The Morgan fingerprint density at radius 3 is 1.60 bits per heavy atom. The largest absolute Gasteiger partial charge is 0.354 e. The van der Waals surface area contributed by atoms with Gasteiger partial charge in [0.1, 0.15) is 0 Å². The van der Waals surface area contributed by atoms with Crippen LogP contribution < -0.4 is 10.6 Å². The lowest BCUT2D eigenvalue weighted by Gasteiger charge is -2.06. The van der Waals surface area contributed by atoms with Crippen molar-refractivity contribution < 1.29 is 9.59 Å². The van der Waals surface area contributed by atoms with Gasteiger partial charge in [0, 0.05) is 25.1 Å². The van der Waals surface area contributed by atoms with Crippen LogP contribution in [-0.4, -0.2) is 24.9 Å². The van der Waals surface area contributed by atoms with Crippen LogP contribution in [0, 0.1) is 0 Å². The Morgan fingerprint density at radius 1 is 0.629 bits per heavy atom. The van der Waals surface area contributed by atoms with Crippen molar-refractivity contribution in [2.75, 3.05) is 13.1 Å². The van der Waals surface area contributed by atoms with Crippen LogP contribution in [0.4, 0.5) is 0 Å². The summed E-state index contributed by atoms with van der Waals surface area (Å²) in [6, 6.07) is 9.05. The Hall–Kier alpha value is -3.40. The number of carbonyl (C=O) groups excluding carboxylic acids is 2. The molecule has 188 valence electrons. The second-order valence-electron chi connectivity index (χ2n) is 7.93. The van der Waals surface area contributed by atoms with Crippen molar-refractivity contribution in [1.82, 2.24) is 10.6 Å². The molecule has 0 aliphatic rings. The van der Waals surface area contributed by atoms with Crippen LogP contribution in [0.1, 0.15) is 68.6 Å². The average molecular weight is 475 g/mol. The van der Waals surface area contributed by atoms with Crippen molar-refractivity contribution in [3.63, 3.8) is 0 Å². The molecule has 0 unspecified atom stereocenters. The van der Waals surface area contributed by atoms with Gasteiger partial charge in [-0.25, -0.2) is 0 Å². The lowest BCUT2D eigenvalue weighted by Crippen LogP contribution is -2.34. The molecule has 1 aromatic carbocycles. The Balaban J connectivity index is 1.96. The lowest BCUT2D eigenvalue weighted by atomic mass is 10.2. The van der Waals surface area contributed by atoms with Gasteiger partial charge in [-0.2, -0.15) is 0 Å². The summed E-state index contributed by atoms with van der Waals surface area (Å²) in [4.78, 5) is 23.8. The highest BCUT2D eigenvalue weighted by atomic mass is 16.2. The molecule has 0 aromatic heterocycles. The zero-order valence-corrected chi connectivity index (χ0v) is 21.2. The molecule has 0 radical (unpaired) electrons. The van der Waals surface area contributed by atoms with E-state index in [1.807, 2.05) is 24.3 Å². The smallest absolute Gasteiger partial charge is 0.251 e. The maximum Gasteiger partial charge on any atom is 0.251 e. The first kappa shape index (κ1) is 29.6. The summed E-state index contributed by atoms with van der Waals surface area (Å²) >= 11 is 0. The van der Waals surface area contributed by atoms with Gasteiger partial charge in [0.15, 0.2) is 0 Å². The lowest BCUT2D eigenvalue weighted by molar-refractivity contribution is -0.120. The van der Waals surface area contributed by atoms with E-state index in [0.29, 0.717) is 31.5 Å². The number of carbonyl (C=O) groups is 2. The summed E-state index contributed by atoms with van der Waals surface area (Å²) in [6.07, 6.45) is 33.1. The number of allylic oxidation sites excluding steroid dienone is 12. The van der Waals surface area contributed by atoms with E-state index < -0.39 is 0 Å². The van der Waals surface area contributed by atoms with Gasteiger partial charge in [-0.15, -0.1) is 0 Å². The fourth-order valence-corrected chi connectivity index (χ4v) is 3.01. The van der Waals surface area contributed by atoms with Crippen LogP contribution in [0.2, 0.25) is 0 Å². The van der Waals surface area contributed by atoms with Gasteiger partial charge in [-0.05, 0) is 57.1 Å². The summed E-state index contributed by atoms with van der Waals surface area (Å²) in [5.41, 5.74) is 0.622. The molecule has 0 heterocycles. The predicted molar refractivity (Wildman–Crippen MR) is 149 cm³/mol. The third kappa shape index (κ3) is 18.7. The van der Waals surface area contributed by atoms with Crippen molar-refractivity contribution in [2.45, 2.75) is 58.3 Å². The molecule has 2 amide bonds. The molecule has 4 heteroatoms. The second-order valence-corrected chi connectivity index (χ2v) is 7.93. The number of amides is 2. The highest BCUT2D eigenvalue weighted by Crippen LogP contribution is 1.99. The minimum Gasteiger partial charge on any atom is -0.354 e. The van der Waals surface area contributed by atoms with E-state index in [0.717, 1.165) is 38.5 Å². The Labute approximate surface area is 212 Å². The summed E-state index contributed by atoms with van der Waals surface area (Å²) in [7, 11) is 0. The van der Waals surface area contributed by atoms with Gasteiger partial charge >= 0.3 is 0 Å². The highest BCUT2D eigenvalue weighted by molar-refractivity contribution is 5.94. The number of nitrogens with one attached hydrogen (secondary N) is 2. The van der Waals surface area contributed by atoms with E-state index in [4.69, 9.17) is 0 Å². The fraction of sp³-hybridized carbons (Fsp3) is 0.355. The highest BCUT2D eigenvalue weighted by Gasteiger charge is 2.03. The zero-order chi connectivity index (χ0) is 25.2. The van der Waals surface area contributed by atoms with Crippen LogP contribution in [0.25, 0.3) is 0 Å². The molecule has 1 rings (SSSR count). The van der Waals surface area contributed by atoms with Crippen LogP contribution in [0.3, 0.4) is 0 Å². The SMILES string of the molecule is CCC=CCC=CCC=CCC=CCC=CCC=CCCC(=O)NCCNC(=O)c1ccccc1. The normalized spacial score (nSPS) is 12.3. The molecule has 2 N–H and O–H groups in total. The number of hydrogen-bond acceptors (Lipinski definition) is 2. The molecular weight excluding hydrogens is 432 g/mol. The second kappa shape index (κ2) is 22.4. The van der Waals surface area contributed by atoms with Crippen LogP contribution in [0.5, 0.6) is 0 Å². The Kier molecular flexibility index (Phi) is 19.0. The van der Waals surface area contributed by atoms with Crippen LogP contribution >= 0.6 is 0 Å². The van der Waals surface area contributed by atoms with Crippen molar-refractivity contribution >= 4 is 11.8 Å². The van der Waals surface area contributed by atoms with Crippen molar-refractivity contribution in [3.05, 3.63) is 109 Å². The number of hydrogen-bond donors (Lipinski definition) is 2. The van der Waals surface area contributed by atoms with E-state index in [-0.39, 0.29) is 11.8 Å². The maximum absolute atomic E-state index is 11.9. The quantitative estimate of drug-likeness (QED) is 0.178. The van der Waals surface area contributed by atoms with Gasteiger partial charge in [-0.1, -0.05) is 98.0 Å². The van der Waals surface area contributed by atoms with E-state index in [1.54, 1.807) is 12.1 Å². The van der Waals surface area contributed by atoms with Gasteiger partial charge in [0.05, 0.1) is 0 Å². The molecule has 0 saturated heterocycles. The van der Waals surface area contributed by atoms with Crippen molar-refractivity contribution in [1.29, 1.82) is 0 Å². The maximum atomic E-state index is 11.9. The Morgan fingerprint density at radius 2 is 1.09 bits per heavy atom. The molecule has 0 atom stereocenters.